The summed E-state index contributed by atoms with van der Waals surface area (Å²) in [5.41, 5.74) is 1.68. The first-order valence-corrected chi connectivity index (χ1v) is 7.60. The number of anilines is 2. The minimum Gasteiger partial charge on any atom is -0.481 e. The number of hydrogen-bond donors (Lipinski definition) is 2. The second kappa shape index (κ2) is 6.64. The van der Waals surface area contributed by atoms with Crippen molar-refractivity contribution < 1.29 is 24.2 Å². The summed E-state index contributed by atoms with van der Waals surface area (Å²) in [6.45, 7) is -0.0487. The standard InChI is InChI=1S/C18H16N2O5/c1-20-14-7-6-12(9-15(14)25-10-17(20)22)19-16(21)8-11-4-2-3-5-13(11)18(23)24/h2-7,9H,8,10H2,1H3,(H,19,21)(H,23,24). The van der Waals surface area contributed by atoms with E-state index in [-0.39, 0.29) is 30.4 Å². The van der Waals surface area contributed by atoms with Gasteiger partial charge in [0, 0.05) is 18.8 Å². The van der Waals surface area contributed by atoms with Crippen molar-refractivity contribution in [2.75, 3.05) is 23.9 Å². The monoisotopic (exact) mass is 340 g/mol. The van der Waals surface area contributed by atoms with Crippen LogP contribution in [0, 0.1) is 0 Å². The van der Waals surface area contributed by atoms with Gasteiger partial charge in [-0.1, -0.05) is 18.2 Å². The molecule has 128 valence electrons. The molecule has 0 aliphatic carbocycles. The molecule has 2 aromatic carbocycles. The van der Waals surface area contributed by atoms with Gasteiger partial charge in [0.15, 0.2) is 6.61 Å². The number of nitrogens with one attached hydrogen (secondary N) is 1. The Kier molecular flexibility index (Phi) is 4.38. The average molecular weight is 340 g/mol. The predicted octanol–water partition coefficient (Wildman–Crippen LogP) is 1.92. The number of hydrogen-bond acceptors (Lipinski definition) is 4. The normalized spacial score (nSPS) is 13.0. The Morgan fingerprint density at radius 3 is 2.76 bits per heavy atom. The van der Waals surface area contributed by atoms with E-state index in [9.17, 15) is 14.4 Å². The third-order valence-electron chi connectivity index (χ3n) is 3.93. The third-order valence-corrected chi connectivity index (χ3v) is 3.93. The van der Waals surface area contributed by atoms with Crippen LogP contribution in [-0.2, 0) is 16.0 Å². The highest BCUT2D eigenvalue weighted by atomic mass is 16.5. The van der Waals surface area contributed by atoms with Gasteiger partial charge in [0.05, 0.1) is 17.7 Å². The summed E-state index contributed by atoms with van der Waals surface area (Å²) in [6, 6.07) is 11.4. The summed E-state index contributed by atoms with van der Waals surface area (Å²) in [5.74, 6) is -1.05. The SMILES string of the molecule is CN1C(=O)COc2cc(NC(=O)Cc3ccccc3C(=O)O)ccc21. The minimum atomic E-state index is -1.07. The second-order valence-corrected chi connectivity index (χ2v) is 5.61. The van der Waals surface area contributed by atoms with Crippen molar-refractivity contribution in [2.45, 2.75) is 6.42 Å². The van der Waals surface area contributed by atoms with Crippen LogP contribution in [0.3, 0.4) is 0 Å². The van der Waals surface area contributed by atoms with E-state index < -0.39 is 5.97 Å². The van der Waals surface area contributed by atoms with Crippen LogP contribution in [0.2, 0.25) is 0 Å². The van der Waals surface area contributed by atoms with Gasteiger partial charge in [0.2, 0.25) is 5.91 Å². The summed E-state index contributed by atoms with van der Waals surface area (Å²) in [4.78, 5) is 36.5. The van der Waals surface area contributed by atoms with Crippen molar-refractivity contribution in [1.82, 2.24) is 0 Å². The van der Waals surface area contributed by atoms with Crippen molar-refractivity contribution in [3.8, 4) is 5.75 Å². The number of carbonyl (C=O) groups is 3. The largest absolute Gasteiger partial charge is 0.481 e. The Balaban J connectivity index is 1.74. The lowest BCUT2D eigenvalue weighted by Gasteiger charge is -2.26. The number of aromatic carboxylic acids is 1. The predicted molar refractivity (Wildman–Crippen MR) is 91.1 cm³/mol. The summed E-state index contributed by atoms with van der Waals surface area (Å²) < 4.78 is 5.38. The van der Waals surface area contributed by atoms with E-state index in [4.69, 9.17) is 9.84 Å². The fourth-order valence-corrected chi connectivity index (χ4v) is 2.62. The maximum absolute atomic E-state index is 12.2. The highest BCUT2D eigenvalue weighted by molar-refractivity contribution is 5.99. The van der Waals surface area contributed by atoms with Gasteiger partial charge < -0.3 is 20.1 Å². The number of fused-ring (bicyclic) bond motifs is 1. The van der Waals surface area contributed by atoms with Crippen molar-refractivity contribution >= 4 is 29.2 Å². The molecule has 2 aromatic rings. The molecule has 0 unspecified atom stereocenters. The molecule has 1 aliphatic rings. The maximum atomic E-state index is 12.2. The van der Waals surface area contributed by atoms with Gasteiger partial charge in [-0.2, -0.15) is 0 Å². The van der Waals surface area contributed by atoms with E-state index in [0.717, 1.165) is 0 Å². The molecule has 0 saturated carbocycles. The molecule has 1 aliphatic heterocycles. The van der Waals surface area contributed by atoms with E-state index in [0.29, 0.717) is 22.7 Å². The summed E-state index contributed by atoms with van der Waals surface area (Å²) >= 11 is 0. The molecular formula is C18H16N2O5. The summed E-state index contributed by atoms with van der Waals surface area (Å²) in [7, 11) is 1.66. The highest BCUT2D eigenvalue weighted by Crippen LogP contribution is 2.33. The molecule has 0 atom stereocenters. The van der Waals surface area contributed by atoms with E-state index in [1.54, 1.807) is 43.4 Å². The Morgan fingerprint density at radius 1 is 1.24 bits per heavy atom. The molecule has 7 nitrogen and oxygen atoms in total. The van der Waals surface area contributed by atoms with Crippen LogP contribution in [0.25, 0.3) is 0 Å². The molecule has 0 aromatic heterocycles. The van der Waals surface area contributed by atoms with E-state index >= 15 is 0 Å². The molecule has 2 amide bonds. The van der Waals surface area contributed by atoms with E-state index in [1.807, 2.05) is 0 Å². The molecule has 1 heterocycles. The van der Waals surface area contributed by atoms with Crippen LogP contribution in [0.1, 0.15) is 15.9 Å². The fraction of sp³-hybridized carbons (Fsp3) is 0.167. The lowest BCUT2D eigenvalue weighted by molar-refractivity contribution is -0.121. The number of nitrogens with zero attached hydrogens (tertiary/aromatic N) is 1. The minimum absolute atomic E-state index is 0.0487. The zero-order chi connectivity index (χ0) is 18.0. The molecular weight excluding hydrogens is 324 g/mol. The molecule has 2 N–H and O–H groups in total. The van der Waals surface area contributed by atoms with E-state index in [1.165, 1.54) is 11.0 Å². The summed E-state index contributed by atoms with van der Waals surface area (Å²) in [5, 5.41) is 11.9. The molecule has 0 spiro atoms. The Hall–Kier alpha value is -3.35. The number of carbonyl (C=O) groups excluding carboxylic acids is 2. The first kappa shape index (κ1) is 16.5. The zero-order valence-electron chi connectivity index (χ0n) is 13.5. The quantitative estimate of drug-likeness (QED) is 0.886. The molecule has 3 rings (SSSR count). The van der Waals surface area contributed by atoms with Crippen molar-refractivity contribution in [2.24, 2.45) is 0 Å². The van der Waals surface area contributed by atoms with Crippen LogP contribution in [-0.4, -0.2) is 36.5 Å². The summed E-state index contributed by atoms with van der Waals surface area (Å²) in [6.07, 6.45) is -0.0567. The van der Waals surface area contributed by atoms with Crippen molar-refractivity contribution in [1.29, 1.82) is 0 Å². The third kappa shape index (κ3) is 3.45. The Morgan fingerprint density at radius 2 is 2.00 bits per heavy atom. The molecule has 0 fully saturated rings. The van der Waals surface area contributed by atoms with E-state index in [2.05, 4.69) is 5.32 Å². The molecule has 0 radical (unpaired) electrons. The first-order valence-electron chi connectivity index (χ1n) is 7.60. The molecule has 0 bridgehead atoms. The second-order valence-electron chi connectivity index (χ2n) is 5.61. The molecule has 25 heavy (non-hydrogen) atoms. The Bertz CT molecular complexity index is 862. The fourth-order valence-electron chi connectivity index (χ4n) is 2.62. The number of rotatable bonds is 4. The zero-order valence-corrected chi connectivity index (χ0v) is 13.5. The maximum Gasteiger partial charge on any atom is 0.335 e. The number of carboxylic acid groups (broad SMARTS) is 1. The number of ether oxygens (including phenoxy) is 1. The number of amides is 2. The molecule has 0 saturated heterocycles. The van der Waals surface area contributed by atoms with Gasteiger partial charge in [-0.25, -0.2) is 4.79 Å². The highest BCUT2D eigenvalue weighted by Gasteiger charge is 2.22. The first-order chi connectivity index (χ1) is 12.0. The van der Waals surface area contributed by atoms with Crippen molar-refractivity contribution in [3.05, 3.63) is 53.6 Å². The smallest absolute Gasteiger partial charge is 0.335 e. The van der Waals surface area contributed by atoms with Gasteiger partial charge >= 0.3 is 5.97 Å². The average Bonchev–Trinajstić information content (AvgIpc) is 2.58. The van der Waals surface area contributed by atoms with Gasteiger partial charge in [-0.15, -0.1) is 0 Å². The molecule has 7 heteroatoms. The van der Waals surface area contributed by atoms with Gasteiger partial charge in [-0.3, -0.25) is 9.59 Å². The lowest BCUT2D eigenvalue weighted by atomic mass is 10.0. The van der Waals surface area contributed by atoms with Crippen molar-refractivity contribution in [3.63, 3.8) is 0 Å². The lowest BCUT2D eigenvalue weighted by Crippen LogP contribution is -2.35. The Labute approximate surface area is 143 Å². The van der Waals surface area contributed by atoms with Crippen LogP contribution >= 0.6 is 0 Å². The number of benzene rings is 2. The van der Waals surface area contributed by atoms with Crippen LogP contribution in [0.5, 0.6) is 5.75 Å². The van der Waals surface area contributed by atoms with Crippen LogP contribution < -0.4 is 15.0 Å². The topological polar surface area (TPSA) is 95.9 Å². The van der Waals surface area contributed by atoms with Crippen LogP contribution in [0.15, 0.2) is 42.5 Å². The van der Waals surface area contributed by atoms with Gasteiger partial charge in [0.25, 0.3) is 5.91 Å². The number of carboxylic acids is 1. The number of likely N-dealkylation sites (N-methyl/N-ethyl adjacent to an activating group) is 1. The van der Waals surface area contributed by atoms with Gasteiger partial charge in [0.1, 0.15) is 5.75 Å². The van der Waals surface area contributed by atoms with Crippen LogP contribution in [0.4, 0.5) is 11.4 Å². The van der Waals surface area contributed by atoms with Gasteiger partial charge in [-0.05, 0) is 23.8 Å².